The van der Waals surface area contributed by atoms with Crippen LogP contribution in [0.1, 0.15) is 41.8 Å². The molecule has 0 aromatic heterocycles. The van der Waals surface area contributed by atoms with E-state index in [4.69, 9.17) is 9.84 Å². The number of ether oxygens (including phenoxy) is 1. The molecule has 0 saturated heterocycles. The Kier molecular flexibility index (Phi) is 5.35. The number of carbonyl (C=O) groups excluding carboxylic acids is 1. The van der Waals surface area contributed by atoms with E-state index in [2.05, 4.69) is 0 Å². The van der Waals surface area contributed by atoms with E-state index in [-0.39, 0.29) is 17.7 Å². The van der Waals surface area contributed by atoms with Gasteiger partial charge in [0.1, 0.15) is 0 Å². The summed E-state index contributed by atoms with van der Waals surface area (Å²) < 4.78 is 41.7. The second-order valence-electron chi connectivity index (χ2n) is 4.06. The minimum absolute atomic E-state index is 0.161. The molecule has 6 heteroatoms. The lowest BCUT2D eigenvalue weighted by atomic mass is 10.1. The van der Waals surface area contributed by atoms with E-state index in [1.54, 1.807) is 0 Å². The van der Waals surface area contributed by atoms with Gasteiger partial charge in [-0.25, -0.2) is 4.79 Å². The molecule has 1 aromatic carbocycles. The molecule has 0 bridgehead atoms. The number of hydrogen-bond donors (Lipinski definition) is 1. The van der Waals surface area contributed by atoms with Crippen molar-refractivity contribution in [3.63, 3.8) is 0 Å². The fraction of sp³-hybridized carbons (Fsp3) is 0.462. The zero-order chi connectivity index (χ0) is 14.5. The van der Waals surface area contributed by atoms with Crippen molar-refractivity contribution < 1.29 is 27.8 Å². The molecule has 0 radical (unpaired) electrons. The lowest BCUT2D eigenvalue weighted by molar-refractivity contribution is -0.206. The molecule has 1 atom stereocenters. The average molecular weight is 276 g/mol. The van der Waals surface area contributed by atoms with E-state index in [0.717, 1.165) is 25.0 Å². The number of aliphatic hydroxyl groups excluding tert-OH is 1. The topological polar surface area (TPSA) is 46.5 Å². The maximum absolute atomic E-state index is 12.3. The molecule has 106 valence electrons. The normalized spacial score (nSPS) is 13.1. The standard InChI is InChI=1S/C13H15F3O3/c1-2-3-8-19-12(18)10-6-4-9(5-7-10)11(17)13(14,15)16/h4-7,11,17H,2-3,8H2,1H3. The molecule has 3 nitrogen and oxygen atoms in total. The van der Waals surface area contributed by atoms with Gasteiger partial charge in [-0.1, -0.05) is 25.5 Å². The second kappa shape index (κ2) is 6.56. The van der Waals surface area contributed by atoms with Crippen LogP contribution in [0.5, 0.6) is 0 Å². The maximum atomic E-state index is 12.3. The monoisotopic (exact) mass is 276 g/mol. The molecule has 0 amide bonds. The van der Waals surface area contributed by atoms with Gasteiger partial charge in [-0.15, -0.1) is 0 Å². The van der Waals surface area contributed by atoms with E-state index >= 15 is 0 Å². The van der Waals surface area contributed by atoms with Crippen molar-refractivity contribution in [3.05, 3.63) is 35.4 Å². The molecule has 1 N–H and O–H groups in total. The van der Waals surface area contributed by atoms with Gasteiger partial charge in [0.2, 0.25) is 0 Å². The van der Waals surface area contributed by atoms with Crippen LogP contribution in [0.2, 0.25) is 0 Å². The van der Waals surface area contributed by atoms with Gasteiger partial charge in [-0.3, -0.25) is 0 Å². The minimum Gasteiger partial charge on any atom is -0.462 e. The Balaban J connectivity index is 2.68. The predicted molar refractivity (Wildman–Crippen MR) is 62.6 cm³/mol. The van der Waals surface area contributed by atoms with Crippen molar-refractivity contribution in [3.8, 4) is 0 Å². The minimum atomic E-state index is -4.72. The number of unbranched alkanes of at least 4 members (excludes halogenated alkanes) is 1. The molecule has 0 aliphatic rings. The third-order valence-corrected chi connectivity index (χ3v) is 2.50. The fourth-order valence-electron chi connectivity index (χ4n) is 1.38. The number of benzene rings is 1. The Bertz CT molecular complexity index is 412. The Hall–Kier alpha value is -1.56. The van der Waals surface area contributed by atoms with Crippen LogP contribution in [0.15, 0.2) is 24.3 Å². The van der Waals surface area contributed by atoms with Gasteiger partial charge >= 0.3 is 12.1 Å². The number of carbonyl (C=O) groups is 1. The van der Waals surface area contributed by atoms with Gasteiger partial charge in [-0.2, -0.15) is 13.2 Å². The van der Waals surface area contributed by atoms with Crippen molar-refractivity contribution in [2.45, 2.75) is 32.0 Å². The Morgan fingerprint density at radius 3 is 2.37 bits per heavy atom. The first-order chi connectivity index (χ1) is 8.86. The molecule has 1 rings (SSSR count). The van der Waals surface area contributed by atoms with E-state index < -0.39 is 18.2 Å². The molecule has 1 aromatic rings. The highest BCUT2D eigenvalue weighted by atomic mass is 19.4. The van der Waals surface area contributed by atoms with Crippen molar-refractivity contribution >= 4 is 5.97 Å². The summed E-state index contributed by atoms with van der Waals surface area (Å²) in [6.45, 7) is 2.23. The first-order valence-corrected chi connectivity index (χ1v) is 5.88. The Morgan fingerprint density at radius 1 is 1.32 bits per heavy atom. The van der Waals surface area contributed by atoms with Gasteiger partial charge in [0.15, 0.2) is 6.10 Å². The van der Waals surface area contributed by atoms with Gasteiger partial charge in [-0.05, 0) is 24.1 Å². The smallest absolute Gasteiger partial charge is 0.418 e. The number of rotatable bonds is 5. The van der Waals surface area contributed by atoms with E-state index in [1.165, 1.54) is 12.1 Å². The van der Waals surface area contributed by atoms with Crippen LogP contribution >= 0.6 is 0 Å². The van der Waals surface area contributed by atoms with Crippen LogP contribution in [-0.4, -0.2) is 23.9 Å². The van der Waals surface area contributed by atoms with E-state index in [1.807, 2.05) is 6.92 Å². The molecule has 19 heavy (non-hydrogen) atoms. The number of hydrogen-bond acceptors (Lipinski definition) is 3. The quantitative estimate of drug-likeness (QED) is 0.663. The number of alkyl halides is 3. The van der Waals surface area contributed by atoms with Crippen LogP contribution in [0.25, 0.3) is 0 Å². The average Bonchev–Trinajstić information content (AvgIpc) is 2.37. The molecule has 0 heterocycles. The molecule has 0 spiro atoms. The van der Waals surface area contributed by atoms with Crippen LogP contribution in [-0.2, 0) is 4.74 Å². The predicted octanol–water partition coefficient (Wildman–Crippen LogP) is 3.24. The zero-order valence-corrected chi connectivity index (χ0v) is 10.4. The molecular formula is C13H15F3O3. The summed E-state index contributed by atoms with van der Waals surface area (Å²) in [6.07, 6.45) is -5.65. The van der Waals surface area contributed by atoms with Crippen molar-refractivity contribution in [2.24, 2.45) is 0 Å². The molecule has 0 saturated carbocycles. The highest BCUT2D eigenvalue weighted by Crippen LogP contribution is 2.32. The molecular weight excluding hydrogens is 261 g/mol. The van der Waals surface area contributed by atoms with E-state index in [0.29, 0.717) is 0 Å². The largest absolute Gasteiger partial charge is 0.462 e. The van der Waals surface area contributed by atoms with Crippen molar-refractivity contribution in [1.82, 2.24) is 0 Å². The number of esters is 1. The van der Waals surface area contributed by atoms with Crippen molar-refractivity contribution in [2.75, 3.05) is 6.61 Å². The molecule has 0 aliphatic heterocycles. The van der Waals surface area contributed by atoms with Gasteiger partial charge < -0.3 is 9.84 Å². The molecule has 1 unspecified atom stereocenters. The van der Waals surface area contributed by atoms with Crippen LogP contribution in [0.3, 0.4) is 0 Å². The maximum Gasteiger partial charge on any atom is 0.418 e. The Morgan fingerprint density at radius 2 is 1.89 bits per heavy atom. The summed E-state index contributed by atoms with van der Waals surface area (Å²) in [5, 5.41) is 9.02. The fourth-order valence-corrected chi connectivity index (χ4v) is 1.38. The summed E-state index contributed by atoms with van der Waals surface area (Å²) in [6, 6.07) is 4.54. The molecule has 0 fully saturated rings. The summed E-state index contributed by atoms with van der Waals surface area (Å²) >= 11 is 0. The highest BCUT2D eigenvalue weighted by Gasteiger charge is 2.39. The number of aliphatic hydroxyl groups is 1. The van der Waals surface area contributed by atoms with Crippen LogP contribution in [0.4, 0.5) is 13.2 Å². The third-order valence-electron chi connectivity index (χ3n) is 2.50. The highest BCUT2D eigenvalue weighted by molar-refractivity contribution is 5.89. The zero-order valence-electron chi connectivity index (χ0n) is 10.4. The van der Waals surface area contributed by atoms with Gasteiger partial charge in [0.25, 0.3) is 0 Å². The van der Waals surface area contributed by atoms with Crippen LogP contribution in [0, 0.1) is 0 Å². The Labute approximate surface area is 109 Å². The summed E-state index contributed by atoms with van der Waals surface area (Å²) in [5.74, 6) is -0.582. The second-order valence-corrected chi connectivity index (χ2v) is 4.06. The third kappa shape index (κ3) is 4.55. The van der Waals surface area contributed by atoms with Crippen molar-refractivity contribution in [1.29, 1.82) is 0 Å². The summed E-state index contributed by atoms with van der Waals surface area (Å²) in [7, 11) is 0. The first-order valence-electron chi connectivity index (χ1n) is 5.88. The summed E-state index contributed by atoms with van der Waals surface area (Å²) in [5.41, 5.74) is -0.146. The van der Waals surface area contributed by atoms with E-state index in [9.17, 15) is 18.0 Å². The summed E-state index contributed by atoms with van der Waals surface area (Å²) in [4.78, 5) is 11.5. The van der Waals surface area contributed by atoms with Crippen LogP contribution < -0.4 is 0 Å². The van der Waals surface area contributed by atoms with Gasteiger partial charge in [0, 0.05) is 0 Å². The molecule has 0 aliphatic carbocycles. The lowest BCUT2D eigenvalue weighted by Gasteiger charge is -2.14. The SMILES string of the molecule is CCCCOC(=O)c1ccc(C(O)C(F)(F)F)cc1. The first kappa shape index (κ1) is 15.5. The number of halogens is 3. The lowest BCUT2D eigenvalue weighted by Crippen LogP contribution is -2.20. The van der Waals surface area contributed by atoms with Gasteiger partial charge in [0.05, 0.1) is 12.2 Å².